The minimum atomic E-state index is -1.08. The first-order valence-corrected chi connectivity index (χ1v) is 15.1. The number of nitrogens with zero attached hydrogens (tertiary/aromatic N) is 3. The van der Waals surface area contributed by atoms with E-state index >= 15 is 4.39 Å². The third kappa shape index (κ3) is 7.50. The first kappa shape index (κ1) is 35.7. The predicted octanol–water partition coefficient (Wildman–Crippen LogP) is 6.18. The van der Waals surface area contributed by atoms with Gasteiger partial charge in [0.25, 0.3) is 11.5 Å². The number of carboxylic acid groups (broad SMARTS) is 1. The van der Waals surface area contributed by atoms with Crippen LogP contribution in [0.25, 0.3) is 16.6 Å². The van der Waals surface area contributed by atoms with Crippen LogP contribution in [-0.4, -0.2) is 44.5 Å². The fourth-order valence-electron chi connectivity index (χ4n) is 5.64. The highest BCUT2D eigenvalue weighted by atomic mass is 35.5. The first-order chi connectivity index (χ1) is 22.5. The van der Waals surface area contributed by atoms with Crippen LogP contribution >= 0.6 is 12.4 Å². The van der Waals surface area contributed by atoms with Crippen molar-refractivity contribution >= 4 is 40.9 Å². The van der Waals surface area contributed by atoms with Crippen LogP contribution in [0.15, 0.2) is 83.8 Å². The number of carbonyl (C=O) groups is 2. The number of hydrogen-bond acceptors (Lipinski definition) is 7. The zero-order valence-corrected chi connectivity index (χ0v) is 27.7. The average molecular weight is 678 g/mol. The molecule has 4 N–H and O–H groups in total. The Morgan fingerprint density at radius 3 is 2.44 bits per heavy atom. The van der Waals surface area contributed by atoms with Gasteiger partial charge in [0.2, 0.25) is 0 Å². The van der Waals surface area contributed by atoms with Crippen LogP contribution in [0.4, 0.5) is 10.1 Å². The SMILES string of the molecule is COc1ccc2c(Oc3ccc(NC(=O)c4c(C)n(C[C@@H](C)CC(C)C(N)C(=O)O)n(-c5ccccc5)c4=O)cc3F)ccnc2c1.Cl. The van der Waals surface area contributed by atoms with Gasteiger partial charge >= 0.3 is 5.97 Å². The molecule has 11 nitrogen and oxygen atoms in total. The number of amides is 1. The number of carboxylic acids is 1. The van der Waals surface area contributed by atoms with Crippen LogP contribution in [-0.2, 0) is 11.3 Å². The maximum absolute atomic E-state index is 15.3. The fourth-order valence-corrected chi connectivity index (χ4v) is 5.64. The number of carbonyl (C=O) groups excluding carboxylic acids is 1. The number of aliphatic carboxylic acids is 1. The highest BCUT2D eigenvalue weighted by Gasteiger charge is 2.27. The Balaban J connectivity index is 0.00000520. The maximum Gasteiger partial charge on any atom is 0.320 e. The lowest BCUT2D eigenvalue weighted by molar-refractivity contribution is -0.139. The van der Waals surface area contributed by atoms with E-state index in [-0.39, 0.29) is 41.2 Å². The zero-order valence-electron chi connectivity index (χ0n) is 26.8. The summed E-state index contributed by atoms with van der Waals surface area (Å²) in [5, 5.41) is 12.6. The molecule has 0 saturated heterocycles. The maximum atomic E-state index is 15.3. The van der Waals surface area contributed by atoms with Crippen molar-refractivity contribution in [1.29, 1.82) is 0 Å². The van der Waals surface area contributed by atoms with E-state index in [9.17, 15) is 19.5 Å². The molecule has 5 rings (SSSR count). The molecule has 0 spiro atoms. The smallest absolute Gasteiger partial charge is 0.320 e. The van der Waals surface area contributed by atoms with E-state index in [1.807, 2.05) is 13.0 Å². The summed E-state index contributed by atoms with van der Waals surface area (Å²) < 4.78 is 29.5. The molecule has 0 fully saturated rings. The van der Waals surface area contributed by atoms with Crippen molar-refractivity contribution in [2.45, 2.75) is 39.8 Å². The van der Waals surface area contributed by atoms with Crippen molar-refractivity contribution in [3.63, 3.8) is 0 Å². The summed E-state index contributed by atoms with van der Waals surface area (Å²) >= 11 is 0. The Labute approximate surface area is 282 Å². The number of pyridine rings is 1. The topological polar surface area (TPSA) is 151 Å². The van der Waals surface area contributed by atoms with Gasteiger partial charge in [-0.05, 0) is 67.6 Å². The number of fused-ring (bicyclic) bond motifs is 1. The fraction of sp³-hybridized carbons (Fsp3) is 0.257. The number of halogens is 2. The second-order valence-electron chi connectivity index (χ2n) is 11.6. The summed E-state index contributed by atoms with van der Waals surface area (Å²) in [7, 11) is 1.55. The van der Waals surface area contributed by atoms with Crippen LogP contribution in [0.1, 0.15) is 36.3 Å². The Kier molecular flexibility index (Phi) is 11.2. The van der Waals surface area contributed by atoms with Crippen molar-refractivity contribution in [3.8, 4) is 22.9 Å². The van der Waals surface area contributed by atoms with Gasteiger partial charge in [0.05, 0.1) is 24.0 Å². The Bertz CT molecular complexity index is 2000. The average Bonchev–Trinajstić information content (AvgIpc) is 3.29. The first-order valence-electron chi connectivity index (χ1n) is 15.1. The molecule has 2 heterocycles. The van der Waals surface area contributed by atoms with Gasteiger partial charge in [-0.1, -0.05) is 32.0 Å². The molecule has 0 radical (unpaired) electrons. The van der Waals surface area contributed by atoms with E-state index in [1.165, 1.54) is 16.8 Å². The molecule has 13 heteroatoms. The highest BCUT2D eigenvalue weighted by molar-refractivity contribution is 6.05. The van der Waals surface area contributed by atoms with Gasteiger partial charge in [0.1, 0.15) is 23.1 Å². The standard InChI is InChI=1S/C35H36FN5O6.ClH/c1-20(16-21(2)32(37)35(44)45)19-40-22(3)31(34(43)41(40)24-8-6-5-7-9-24)33(42)39-23-10-13-30(27(36)17-23)47-29-14-15-38-28-18-25(46-4)11-12-26(28)29;/h5-15,17-18,20-21,32H,16,19,37H2,1-4H3,(H,39,42)(H,44,45);1H/t20-,21?,32?;/m0./s1. The van der Waals surface area contributed by atoms with Crippen molar-refractivity contribution in [1.82, 2.24) is 14.3 Å². The summed E-state index contributed by atoms with van der Waals surface area (Å²) in [4.78, 5) is 43.1. The summed E-state index contributed by atoms with van der Waals surface area (Å²) in [6, 6.07) is 18.8. The Morgan fingerprint density at radius 1 is 1.04 bits per heavy atom. The number of nitrogens with two attached hydrogens (primary N) is 1. The zero-order chi connectivity index (χ0) is 33.8. The summed E-state index contributed by atoms with van der Waals surface area (Å²) in [5.41, 5.74) is 6.88. The lowest BCUT2D eigenvalue weighted by Crippen LogP contribution is -2.37. The minimum Gasteiger partial charge on any atom is -0.497 e. The van der Waals surface area contributed by atoms with Gasteiger partial charge in [-0.25, -0.2) is 9.07 Å². The number of rotatable bonds is 12. The summed E-state index contributed by atoms with van der Waals surface area (Å²) in [6.07, 6.45) is 2.03. The second-order valence-corrected chi connectivity index (χ2v) is 11.6. The molecule has 0 aliphatic carbocycles. The molecule has 0 saturated carbocycles. The van der Waals surface area contributed by atoms with Gasteiger partial charge in [0, 0.05) is 35.9 Å². The molecule has 5 aromatic rings. The number of methoxy groups -OCH3 is 1. The molecule has 48 heavy (non-hydrogen) atoms. The molecule has 1 amide bonds. The number of para-hydroxylation sites is 1. The van der Waals surface area contributed by atoms with Crippen LogP contribution in [0.5, 0.6) is 17.2 Å². The monoisotopic (exact) mass is 677 g/mol. The molecular weight excluding hydrogens is 641 g/mol. The van der Waals surface area contributed by atoms with Crippen molar-refractivity contribution in [2.24, 2.45) is 17.6 Å². The lowest BCUT2D eigenvalue weighted by atomic mass is 9.91. The number of anilines is 1. The van der Waals surface area contributed by atoms with E-state index in [4.69, 9.17) is 15.2 Å². The molecule has 0 bridgehead atoms. The molecular formula is C35H37ClFN5O6. The molecule has 2 unspecified atom stereocenters. The van der Waals surface area contributed by atoms with Gasteiger partial charge in [-0.15, -0.1) is 12.4 Å². The van der Waals surface area contributed by atoms with Crippen molar-refractivity contribution < 1.29 is 28.6 Å². The van der Waals surface area contributed by atoms with E-state index in [0.29, 0.717) is 46.7 Å². The number of ether oxygens (including phenoxy) is 2. The summed E-state index contributed by atoms with van der Waals surface area (Å²) in [5.74, 6) is -1.96. The van der Waals surface area contributed by atoms with Crippen molar-refractivity contribution in [3.05, 3.63) is 106 Å². The van der Waals surface area contributed by atoms with E-state index < -0.39 is 29.3 Å². The van der Waals surface area contributed by atoms with Crippen molar-refractivity contribution in [2.75, 3.05) is 12.4 Å². The molecule has 2 aromatic heterocycles. The second kappa shape index (κ2) is 15.1. The van der Waals surface area contributed by atoms with Gasteiger partial charge in [0.15, 0.2) is 11.6 Å². The van der Waals surface area contributed by atoms with E-state index in [2.05, 4.69) is 10.3 Å². The molecule has 3 aromatic carbocycles. The Hall–Kier alpha value is -5.20. The number of hydrogen-bond donors (Lipinski definition) is 3. The number of nitrogens with one attached hydrogen (secondary N) is 1. The number of benzene rings is 3. The van der Waals surface area contributed by atoms with Crippen LogP contribution in [0.2, 0.25) is 0 Å². The van der Waals surface area contributed by atoms with Gasteiger partial charge in [-0.3, -0.25) is 24.0 Å². The van der Waals surface area contributed by atoms with E-state index in [0.717, 1.165) is 6.07 Å². The molecule has 0 aliphatic heterocycles. The normalized spacial score (nSPS) is 12.9. The van der Waals surface area contributed by atoms with Crippen LogP contribution in [0.3, 0.4) is 0 Å². The minimum absolute atomic E-state index is 0. The Morgan fingerprint density at radius 2 is 1.77 bits per heavy atom. The van der Waals surface area contributed by atoms with Crippen LogP contribution in [0, 0.1) is 24.6 Å². The molecule has 3 atom stereocenters. The third-order valence-corrected chi connectivity index (χ3v) is 8.10. The highest BCUT2D eigenvalue weighted by Crippen LogP contribution is 2.33. The predicted molar refractivity (Wildman–Crippen MR) is 183 cm³/mol. The van der Waals surface area contributed by atoms with Crippen LogP contribution < -0.4 is 26.1 Å². The van der Waals surface area contributed by atoms with Gasteiger partial charge in [-0.2, -0.15) is 0 Å². The number of aromatic nitrogens is 3. The third-order valence-electron chi connectivity index (χ3n) is 8.10. The molecule has 0 aliphatic rings. The van der Waals surface area contributed by atoms with E-state index in [1.54, 1.807) is 80.4 Å². The molecule has 252 valence electrons. The summed E-state index contributed by atoms with van der Waals surface area (Å²) in [6.45, 7) is 5.69. The van der Waals surface area contributed by atoms with Gasteiger partial charge < -0.3 is 25.6 Å². The lowest BCUT2D eigenvalue weighted by Gasteiger charge is -2.22. The quantitative estimate of drug-likeness (QED) is 0.142. The largest absolute Gasteiger partial charge is 0.497 e.